The van der Waals surface area contributed by atoms with Gasteiger partial charge in [0.1, 0.15) is 85.5 Å². The van der Waals surface area contributed by atoms with E-state index in [-0.39, 0.29) is 46.0 Å². The average Bonchev–Trinajstić information content (AvgIpc) is 3.34. The van der Waals surface area contributed by atoms with E-state index in [1.165, 1.54) is 5.57 Å². The summed E-state index contributed by atoms with van der Waals surface area (Å²) in [6, 6.07) is 0. The molecule has 0 radical (unpaired) electrons. The molecule has 26 unspecified atom stereocenters. The third-order valence-electron chi connectivity index (χ3n) is 20.6. The number of carbonyl (C=O) groups excluding carboxylic acids is 1. The highest BCUT2D eigenvalue weighted by Crippen LogP contribution is 2.76. The zero-order chi connectivity index (χ0) is 53.1. The van der Waals surface area contributed by atoms with E-state index in [0.29, 0.717) is 19.3 Å². The van der Waals surface area contributed by atoms with Crippen molar-refractivity contribution in [2.75, 3.05) is 26.4 Å². The summed E-state index contributed by atoms with van der Waals surface area (Å²) in [5.41, 5.74) is -0.905. The number of hydrogen-bond acceptors (Lipinski definition) is 21. The van der Waals surface area contributed by atoms with Gasteiger partial charge in [-0.25, -0.2) is 0 Å². The van der Waals surface area contributed by atoms with Crippen LogP contribution in [0.1, 0.15) is 113 Å². The van der Waals surface area contributed by atoms with Crippen LogP contribution >= 0.6 is 0 Å². The lowest BCUT2D eigenvalue weighted by Crippen LogP contribution is -2.67. The maximum atomic E-state index is 14.8. The molecule has 4 heterocycles. The Hall–Kier alpha value is -1.55. The molecule has 21 heteroatoms. The molecule has 5 aliphatic carbocycles. The van der Waals surface area contributed by atoms with Crippen LogP contribution in [0.2, 0.25) is 0 Å². The fourth-order valence-corrected chi connectivity index (χ4v) is 16.0. The average molecular weight is 1050 g/mol. The number of carbonyl (C=O) groups is 1. The molecule has 418 valence electrons. The lowest BCUT2D eigenvalue weighted by atomic mass is 9.33. The fraction of sp³-hybridized carbons (Fsp3) is 0.942. The Morgan fingerprint density at radius 1 is 0.589 bits per heavy atom. The minimum atomic E-state index is -1.84. The van der Waals surface area contributed by atoms with Gasteiger partial charge in [-0.15, -0.1) is 0 Å². The lowest BCUT2D eigenvalue weighted by molar-refractivity contribution is -0.385. The zero-order valence-electron chi connectivity index (χ0n) is 43.2. The van der Waals surface area contributed by atoms with Crippen LogP contribution in [0.3, 0.4) is 0 Å². The Morgan fingerprint density at radius 2 is 1.16 bits per heavy atom. The molecule has 8 fully saturated rings. The second kappa shape index (κ2) is 20.3. The Bertz CT molecular complexity index is 2000. The molecule has 4 saturated carbocycles. The summed E-state index contributed by atoms with van der Waals surface area (Å²) in [5.74, 6) is -0.308. The third-order valence-corrected chi connectivity index (χ3v) is 20.6. The predicted octanol–water partition coefficient (Wildman–Crippen LogP) is -0.757. The first-order valence-electron chi connectivity index (χ1n) is 26.6. The monoisotopic (exact) mass is 1040 g/mol. The molecule has 0 aromatic carbocycles. The third kappa shape index (κ3) is 9.20. The van der Waals surface area contributed by atoms with E-state index in [1.807, 2.05) is 0 Å². The number of esters is 1. The summed E-state index contributed by atoms with van der Waals surface area (Å²) >= 11 is 0. The van der Waals surface area contributed by atoms with Gasteiger partial charge in [-0.1, -0.05) is 60.1 Å². The number of ether oxygens (including phenoxy) is 8. The number of fused-ring (bicyclic) bond motifs is 7. The molecule has 12 N–H and O–H groups in total. The van der Waals surface area contributed by atoms with Crippen LogP contribution in [0, 0.1) is 50.2 Å². The second-order valence-electron chi connectivity index (χ2n) is 25.4. The van der Waals surface area contributed by atoms with Gasteiger partial charge in [-0.3, -0.25) is 4.79 Å². The number of aliphatic hydroxyl groups excluding tert-OH is 12. The van der Waals surface area contributed by atoms with Crippen LogP contribution in [-0.4, -0.2) is 210 Å². The Balaban J connectivity index is 0.971. The standard InChI is InChI=1S/C52H84O21/c1-47(2)14-16-52(46(65)73-44-39(64)36(61)34(59)28(20-54)69-44)17-15-50(6)23(24(52)18-47)8-9-30-49(5)12-11-31(48(3,4)29(49)10-13-51(30,50)7)70-45-41(72-43-38(63)35(60)33(58)27(19-53)68-43)40(26(56)22-67-45)71-42-37(62)32(57)25(55)21-66-42/h8,24-45,53-64H,9-22H2,1-7H3. The van der Waals surface area contributed by atoms with Crippen LogP contribution < -0.4 is 0 Å². The van der Waals surface area contributed by atoms with Gasteiger partial charge < -0.3 is 99.2 Å². The molecule has 0 aromatic rings. The minimum Gasteiger partial charge on any atom is -0.432 e. The molecule has 0 bridgehead atoms. The Kier molecular flexibility index (Phi) is 15.6. The molecule has 0 spiro atoms. The van der Waals surface area contributed by atoms with E-state index in [4.69, 9.17) is 37.9 Å². The smallest absolute Gasteiger partial charge is 0.315 e. The molecular formula is C52H84O21. The second-order valence-corrected chi connectivity index (χ2v) is 25.4. The van der Waals surface area contributed by atoms with Gasteiger partial charge >= 0.3 is 5.97 Å². The van der Waals surface area contributed by atoms with Crippen molar-refractivity contribution in [1.29, 1.82) is 0 Å². The summed E-state index contributed by atoms with van der Waals surface area (Å²) in [6.07, 6.45) is -18.9. The number of hydrogen-bond donors (Lipinski definition) is 12. The fourth-order valence-electron chi connectivity index (χ4n) is 16.0. The summed E-state index contributed by atoms with van der Waals surface area (Å²) in [7, 11) is 0. The molecule has 9 rings (SSSR count). The first-order valence-corrected chi connectivity index (χ1v) is 26.6. The molecule has 21 nitrogen and oxygen atoms in total. The lowest BCUT2D eigenvalue weighted by Gasteiger charge is -2.71. The molecule has 0 amide bonds. The van der Waals surface area contributed by atoms with Gasteiger partial charge in [0.25, 0.3) is 0 Å². The van der Waals surface area contributed by atoms with Crippen molar-refractivity contribution in [2.24, 2.45) is 50.2 Å². The molecule has 0 aromatic heterocycles. The van der Waals surface area contributed by atoms with Crippen molar-refractivity contribution >= 4 is 5.97 Å². The molecule has 9 aliphatic rings. The molecule has 73 heavy (non-hydrogen) atoms. The highest BCUT2D eigenvalue weighted by molar-refractivity contribution is 5.79. The van der Waals surface area contributed by atoms with E-state index in [1.54, 1.807) is 0 Å². The topological polar surface area (TPSA) is 334 Å². The maximum absolute atomic E-state index is 14.8. The van der Waals surface area contributed by atoms with Crippen molar-refractivity contribution in [2.45, 2.75) is 229 Å². The normalized spacial score (nSPS) is 53.7. The summed E-state index contributed by atoms with van der Waals surface area (Å²) < 4.78 is 48.6. The van der Waals surface area contributed by atoms with Crippen LogP contribution in [0.25, 0.3) is 0 Å². The van der Waals surface area contributed by atoms with Crippen molar-refractivity contribution in [3.8, 4) is 0 Å². The van der Waals surface area contributed by atoms with Gasteiger partial charge in [0, 0.05) is 0 Å². The first kappa shape index (κ1) is 56.2. The quantitative estimate of drug-likeness (QED) is 0.0727. The zero-order valence-corrected chi connectivity index (χ0v) is 43.2. The minimum absolute atomic E-state index is 0.0808. The van der Waals surface area contributed by atoms with Crippen molar-refractivity contribution in [3.05, 3.63) is 11.6 Å². The highest BCUT2D eigenvalue weighted by atomic mass is 16.8. The highest BCUT2D eigenvalue weighted by Gasteiger charge is 2.70. The van der Waals surface area contributed by atoms with E-state index in [9.17, 15) is 66.1 Å². The molecule has 4 aliphatic heterocycles. The van der Waals surface area contributed by atoms with Gasteiger partial charge in [0.2, 0.25) is 6.29 Å². The van der Waals surface area contributed by atoms with Gasteiger partial charge in [-0.05, 0) is 109 Å². The predicted molar refractivity (Wildman–Crippen MR) is 251 cm³/mol. The Morgan fingerprint density at radius 3 is 1.82 bits per heavy atom. The van der Waals surface area contributed by atoms with Crippen LogP contribution in [0.15, 0.2) is 11.6 Å². The van der Waals surface area contributed by atoms with Crippen molar-refractivity contribution in [1.82, 2.24) is 0 Å². The summed E-state index contributed by atoms with van der Waals surface area (Å²) in [5, 5.41) is 127. The van der Waals surface area contributed by atoms with Crippen molar-refractivity contribution < 1.29 is 104 Å². The number of aliphatic hydroxyl groups is 12. The SMILES string of the molecule is CC1(C)CCC2(C(=O)OC3OC(CO)C(O)C(O)C3O)CCC3(C)C(=CCC4C5(C)CCC(OC6OCC(O)C(OC7OCC(O)C(O)C7O)C6OC6OC(CO)C(O)C(O)C6O)C(C)(C)C5CCC43C)C2C1. The van der Waals surface area contributed by atoms with E-state index in [2.05, 4.69) is 54.5 Å². The maximum Gasteiger partial charge on any atom is 0.315 e. The van der Waals surface area contributed by atoms with Crippen LogP contribution in [-0.2, 0) is 42.7 Å². The molecular weight excluding hydrogens is 961 g/mol. The van der Waals surface area contributed by atoms with E-state index in [0.717, 1.165) is 44.9 Å². The first-order chi connectivity index (χ1) is 34.2. The molecule has 26 atom stereocenters. The molecule has 4 saturated heterocycles. The summed E-state index contributed by atoms with van der Waals surface area (Å²) in [6.45, 7) is 14.0. The van der Waals surface area contributed by atoms with Gasteiger partial charge in [0.15, 0.2) is 18.9 Å². The number of rotatable bonds is 10. The van der Waals surface area contributed by atoms with Gasteiger partial charge in [-0.2, -0.15) is 0 Å². The number of allylic oxidation sites excluding steroid dienone is 2. The van der Waals surface area contributed by atoms with Crippen LogP contribution in [0.5, 0.6) is 0 Å². The largest absolute Gasteiger partial charge is 0.432 e. The Labute approximate surface area is 426 Å². The van der Waals surface area contributed by atoms with Gasteiger partial charge in [0.05, 0.1) is 37.9 Å². The summed E-state index contributed by atoms with van der Waals surface area (Å²) in [4.78, 5) is 14.8. The van der Waals surface area contributed by atoms with Crippen LogP contribution in [0.4, 0.5) is 0 Å². The van der Waals surface area contributed by atoms with E-state index < -0.39 is 153 Å². The van der Waals surface area contributed by atoms with Crippen molar-refractivity contribution in [3.63, 3.8) is 0 Å². The van der Waals surface area contributed by atoms with E-state index >= 15 is 0 Å².